The first-order chi connectivity index (χ1) is 9.86. The molecule has 0 aliphatic rings. The number of carbonyl (C=O) groups excluding carboxylic acids is 1. The molecule has 1 unspecified atom stereocenters. The largest absolute Gasteiger partial charge is 0.478 e. The van der Waals surface area contributed by atoms with Crippen molar-refractivity contribution < 1.29 is 19.1 Å². The highest BCUT2D eigenvalue weighted by atomic mass is 16.4. The molecule has 0 aliphatic heterocycles. The number of nitrogens with one attached hydrogen (secondary N) is 1. The average molecular weight is 287 g/mol. The summed E-state index contributed by atoms with van der Waals surface area (Å²) in [6.07, 6.45) is 0. The predicted molar refractivity (Wildman–Crippen MR) is 77.5 cm³/mol. The van der Waals surface area contributed by atoms with E-state index in [2.05, 4.69) is 5.32 Å². The Bertz CT molecular complexity index is 687. The molecule has 110 valence electrons. The van der Waals surface area contributed by atoms with Crippen molar-refractivity contribution in [2.24, 2.45) is 0 Å². The number of carboxylic acid groups (broad SMARTS) is 1. The molecule has 5 heteroatoms. The number of hydrogen-bond donors (Lipinski definition) is 2. The van der Waals surface area contributed by atoms with Crippen molar-refractivity contribution in [3.05, 3.63) is 58.5 Å². The fraction of sp³-hybridized carbons (Fsp3) is 0.250. The van der Waals surface area contributed by atoms with Crippen LogP contribution in [-0.4, -0.2) is 17.0 Å². The molecule has 0 bridgehead atoms. The second-order valence-corrected chi connectivity index (χ2v) is 5.04. The Morgan fingerprint density at radius 3 is 2.38 bits per heavy atom. The third-order valence-electron chi connectivity index (χ3n) is 3.12. The van der Waals surface area contributed by atoms with Crippen LogP contribution in [0.4, 0.5) is 0 Å². The molecule has 0 saturated carbocycles. The van der Waals surface area contributed by atoms with Gasteiger partial charge in [-0.15, -0.1) is 0 Å². The van der Waals surface area contributed by atoms with Crippen molar-refractivity contribution in [1.29, 1.82) is 0 Å². The highest BCUT2D eigenvalue weighted by molar-refractivity contribution is 5.97. The van der Waals surface area contributed by atoms with Gasteiger partial charge in [-0.25, -0.2) is 4.79 Å². The second-order valence-electron chi connectivity index (χ2n) is 5.04. The highest BCUT2D eigenvalue weighted by Gasteiger charge is 2.16. The van der Waals surface area contributed by atoms with E-state index >= 15 is 0 Å². The molecule has 1 atom stereocenters. The highest BCUT2D eigenvalue weighted by Crippen LogP contribution is 2.17. The van der Waals surface area contributed by atoms with Crippen LogP contribution in [0.1, 0.15) is 50.8 Å². The van der Waals surface area contributed by atoms with Gasteiger partial charge in [-0.1, -0.05) is 0 Å². The van der Waals surface area contributed by atoms with E-state index in [0.29, 0.717) is 11.3 Å². The van der Waals surface area contributed by atoms with E-state index in [9.17, 15) is 9.59 Å². The molecule has 2 aromatic rings. The summed E-state index contributed by atoms with van der Waals surface area (Å²) < 4.78 is 5.46. The van der Waals surface area contributed by atoms with E-state index < -0.39 is 5.97 Å². The van der Waals surface area contributed by atoms with E-state index in [-0.39, 0.29) is 17.5 Å². The van der Waals surface area contributed by atoms with Gasteiger partial charge in [-0.3, -0.25) is 4.79 Å². The fourth-order valence-electron chi connectivity index (χ4n) is 2.07. The van der Waals surface area contributed by atoms with Gasteiger partial charge in [0, 0.05) is 5.56 Å². The number of rotatable bonds is 4. The van der Waals surface area contributed by atoms with Crippen molar-refractivity contribution >= 4 is 11.9 Å². The number of aromatic carboxylic acids is 1. The number of carboxylic acids is 1. The molecule has 0 aliphatic carbocycles. The molecule has 2 N–H and O–H groups in total. The summed E-state index contributed by atoms with van der Waals surface area (Å²) >= 11 is 0. The van der Waals surface area contributed by atoms with E-state index in [1.54, 1.807) is 19.1 Å². The maximum Gasteiger partial charge on any atom is 0.335 e. The summed E-state index contributed by atoms with van der Waals surface area (Å²) in [6.45, 7) is 5.39. The molecule has 1 aromatic carbocycles. The third-order valence-corrected chi connectivity index (χ3v) is 3.12. The Balaban J connectivity index is 2.18. The number of benzene rings is 1. The summed E-state index contributed by atoms with van der Waals surface area (Å²) in [6, 6.07) is 7.89. The second kappa shape index (κ2) is 5.83. The molecule has 21 heavy (non-hydrogen) atoms. The predicted octanol–water partition coefficient (Wildman–Crippen LogP) is 3.09. The lowest BCUT2D eigenvalue weighted by Gasteiger charge is -2.12. The van der Waals surface area contributed by atoms with Crippen LogP contribution in [0.2, 0.25) is 0 Å². The van der Waals surface area contributed by atoms with Gasteiger partial charge in [0.25, 0.3) is 5.91 Å². The maximum atomic E-state index is 12.2. The minimum Gasteiger partial charge on any atom is -0.478 e. The minimum absolute atomic E-state index is 0.0987. The zero-order valence-electron chi connectivity index (χ0n) is 12.1. The molecule has 0 saturated heterocycles. The molecule has 0 radical (unpaired) electrons. The first kappa shape index (κ1) is 14.8. The Labute approximate surface area is 122 Å². The first-order valence-corrected chi connectivity index (χ1v) is 6.59. The smallest absolute Gasteiger partial charge is 0.335 e. The van der Waals surface area contributed by atoms with Crippen LogP contribution in [-0.2, 0) is 0 Å². The van der Waals surface area contributed by atoms with Crippen LogP contribution < -0.4 is 5.32 Å². The van der Waals surface area contributed by atoms with E-state index in [1.165, 1.54) is 12.1 Å². The quantitative estimate of drug-likeness (QED) is 0.905. The van der Waals surface area contributed by atoms with E-state index in [0.717, 1.165) is 11.3 Å². The lowest BCUT2D eigenvalue weighted by Crippen LogP contribution is -2.26. The van der Waals surface area contributed by atoms with Crippen LogP contribution in [0.25, 0.3) is 0 Å². The Morgan fingerprint density at radius 1 is 1.14 bits per heavy atom. The number of carbonyl (C=O) groups is 2. The van der Waals surface area contributed by atoms with Crippen LogP contribution in [0, 0.1) is 13.8 Å². The number of hydrogen-bond acceptors (Lipinski definition) is 3. The first-order valence-electron chi connectivity index (χ1n) is 6.59. The standard InChI is InChI=1S/C16H17NO4/c1-9-6-12(8-13(7-9)16(19)20)15(18)17-11(3)14-5-4-10(2)21-14/h4-8,11H,1-3H3,(H,17,18)(H,19,20). The monoisotopic (exact) mass is 287 g/mol. The van der Waals surface area contributed by atoms with Crippen molar-refractivity contribution in [1.82, 2.24) is 5.32 Å². The normalized spacial score (nSPS) is 12.0. The molecule has 1 amide bonds. The van der Waals surface area contributed by atoms with Gasteiger partial charge in [-0.05, 0) is 56.7 Å². The van der Waals surface area contributed by atoms with Gasteiger partial charge in [-0.2, -0.15) is 0 Å². The van der Waals surface area contributed by atoms with Crippen LogP contribution in [0.15, 0.2) is 34.7 Å². The molecule has 1 heterocycles. The Kier molecular flexibility index (Phi) is 4.12. The topological polar surface area (TPSA) is 79.5 Å². The van der Waals surface area contributed by atoms with Crippen molar-refractivity contribution in [2.75, 3.05) is 0 Å². The van der Waals surface area contributed by atoms with Gasteiger partial charge < -0.3 is 14.8 Å². The van der Waals surface area contributed by atoms with E-state index in [1.807, 2.05) is 19.9 Å². The molecule has 5 nitrogen and oxygen atoms in total. The molecular weight excluding hydrogens is 270 g/mol. The van der Waals surface area contributed by atoms with E-state index in [4.69, 9.17) is 9.52 Å². The number of furan rings is 1. The minimum atomic E-state index is -1.05. The summed E-state index contributed by atoms with van der Waals surface area (Å²) in [7, 11) is 0. The van der Waals surface area contributed by atoms with Crippen LogP contribution in [0.3, 0.4) is 0 Å². The number of aryl methyl sites for hydroxylation is 2. The fourth-order valence-corrected chi connectivity index (χ4v) is 2.07. The molecule has 0 spiro atoms. The summed E-state index contributed by atoms with van der Waals surface area (Å²) in [5.74, 6) is 0.0481. The molecule has 1 aromatic heterocycles. The zero-order valence-corrected chi connectivity index (χ0v) is 12.1. The molecule has 2 rings (SSSR count). The maximum absolute atomic E-state index is 12.2. The van der Waals surface area contributed by atoms with Crippen molar-refractivity contribution in [3.8, 4) is 0 Å². The molecular formula is C16H17NO4. The zero-order chi connectivity index (χ0) is 15.6. The Morgan fingerprint density at radius 2 is 1.81 bits per heavy atom. The average Bonchev–Trinajstić information content (AvgIpc) is 2.84. The SMILES string of the molecule is Cc1cc(C(=O)O)cc(C(=O)NC(C)c2ccc(C)o2)c1. The van der Waals surface area contributed by atoms with Gasteiger partial charge in [0.1, 0.15) is 11.5 Å². The third kappa shape index (κ3) is 3.51. The lowest BCUT2D eigenvalue weighted by atomic mass is 10.1. The lowest BCUT2D eigenvalue weighted by molar-refractivity contribution is 0.0696. The van der Waals surface area contributed by atoms with Gasteiger partial charge in [0.05, 0.1) is 11.6 Å². The summed E-state index contributed by atoms with van der Waals surface area (Å²) in [4.78, 5) is 23.2. The van der Waals surface area contributed by atoms with Gasteiger partial charge >= 0.3 is 5.97 Å². The Hall–Kier alpha value is -2.56. The van der Waals surface area contributed by atoms with Crippen LogP contribution in [0.5, 0.6) is 0 Å². The van der Waals surface area contributed by atoms with Gasteiger partial charge in [0.2, 0.25) is 0 Å². The van der Waals surface area contributed by atoms with Crippen molar-refractivity contribution in [2.45, 2.75) is 26.8 Å². The van der Waals surface area contributed by atoms with Crippen LogP contribution >= 0.6 is 0 Å². The van der Waals surface area contributed by atoms with Gasteiger partial charge in [0.15, 0.2) is 0 Å². The van der Waals surface area contributed by atoms with Crippen molar-refractivity contribution in [3.63, 3.8) is 0 Å². The summed E-state index contributed by atoms with van der Waals surface area (Å²) in [5, 5.41) is 11.8. The summed E-state index contributed by atoms with van der Waals surface area (Å²) in [5.41, 5.74) is 1.14. The number of amides is 1. The molecule has 0 fully saturated rings.